The zero-order valence-electron chi connectivity index (χ0n) is 12.3. The second-order valence-corrected chi connectivity index (χ2v) is 9.91. The summed E-state index contributed by atoms with van der Waals surface area (Å²) in [4.78, 5) is 0. The Labute approximate surface area is 125 Å². The molecule has 120 valence electrons. The van der Waals surface area contributed by atoms with Gasteiger partial charge in [-0.05, 0) is 24.3 Å². The fraction of sp³-hybridized carbons (Fsp3) is 0.750. The number of sulfone groups is 1. The molecule has 0 radical (unpaired) electrons. The number of rotatable bonds is 5. The minimum Gasteiger partial charge on any atom is -0.276 e. The highest BCUT2D eigenvalue weighted by molar-refractivity contribution is 7.93. The first-order chi connectivity index (χ1) is 9.67. The van der Waals surface area contributed by atoms with Crippen molar-refractivity contribution in [3.05, 3.63) is 18.0 Å². The first kappa shape index (κ1) is 16.4. The number of aryl methyl sites for hydroxylation is 1. The molecule has 21 heavy (non-hydrogen) atoms. The predicted molar refractivity (Wildman–Crippen MR) is 80.3 cm³/mol. The van der Waals surface area contributed by atoms with Crippen molar-refractivity contribution in [2.45, 2.75) is 18.8 Å². The van der Waals surface area contributed by atoms with Crippen LogP contribution >= 0.6 is 0 Å². The molecular formula is C12H21N3O4S2. The van der Waals surface area contributed by atoms with Gasteiger partial charge in [-0.25, -0.2) is 21.1 Å². The molecule has 7 nitrogen and oxygen atoms in total. The van der Waals surface area contributed by atoms with Gasteiger partial charge in [0.25, 0.3) is 0 Å². The third kappa shape index (κ3) is 4.52. The zero-order chi connectivity index (χ0) is 15.7. The van der Waals surface area contributed by atoms with Crippen LogP contribution in [0.4, 0.5) is 0 Å². The van der Waals surface area contributed by atoms with Crippen molar-refractivity contribution in [3.8, 4) is 0 Å². The Balaban J connectivity index is 1.94. The number of hydrogen-bond acceptors (Lipinski definition) is 5. The highest BCUT2D eigenvalue weighted by Gasteiger charge is 2.29. The van der Waals surface area contributed by atoms with E-state index in [2.05, 4.69) is 5.10 Å². The Hall–Kier alpha value is -0.930. The molecule has 0 bridgehead atoms. The van der Waals surface area contributed by atoms with Crippen LogP contribution in [0.1, 0.15) is 24.3 Å². The summed E-state index contributed by atoms with van der Waals surface area (Å²) in [6.45, 7) is 0.872. The lowest BCUT2D eigenvalue weighted by Gasteiger charge is -2.30. The van der Waals surface area contributed by atoms with Crippen LogP contribution < -0.4 is 0 Å². The monoisotopic (exact) mass is 335 g/mol. The molecule has 1 fully saturated rings. The van der Waals surface area contributed by atoms with Crippen molar-refractivity contribution in [1.82, 2.24) is 14.1 Å². The van der Waals surface area contributed by atoms with E-state index in [1.54, 1.807) is 4.68 Å². The Bertz CT molecular complexity index is 686. The average Bonchev–Trinajstić information content (AvgIpc) is 2.83. The SMILES string of the molecule is Cn1cc(C2CCN(S(=O)(=O)CCS(C)(=O)=O)CC2)cn1. The summed E-state index contributed by atoms with van der Waals surface area (Å²) in [6, 6.07) is 0. The quantitative estimate of drug-likeness (QED) is 0.754. The Morgan fingerprint density at radius 1 is 1.19 bits per heavy atom. The average molecular weight is 335 g/mol. The van der Waals surface area contributed by atoms with Crippen molar-refractivity contribution < 1.29 is 16.8 Å². The molecule has 9 heteroatoms. The van der Waals surface area contributed by atoms with Crippen LogP contribution in [0.5, 0.6) is 0 Å². The van der Waals surface area contributed by atoms with E-state index in [1.165, 1.54) is 4.31 Å². The molecular weight excluding hydrogens is 314 g/mol. The minimum absolute atomic E-state index is 0.319. The van der Waals surface area contributed by atoms with Gasteiger partial charge in [-0.1, -0.05) is 0 Å². The summed E-state index contributed by atoms with van der Waals surface area (Å²) >= 11 is 0. The van der Waals surface area contributed by atoms with Crippen LogP contribution in [-0.4, -0.2) is 61.8 Å². The Kier molecular flexibility index (Phi) is 4.74. The van der Waals surface area contributed by atoms with Crippen LogP contribution in [0, 0.1) is 0 Å². The van der Waals surface area contributed by atoms with Gasteiger partial charge in [0.2, 0.25) is 10.0 Å². The first-order valence-electron chi connectivity index (χ1n) is 6.81. The number of aromatic nitrogens is 2. The van der Waals surface area contributed by atoms with Gasteiger partial charge in [-0.15, -0.1) is 0 Å². The summed E-state index contributed by atoms with van der Waals surface area (Å²) in [7, 11) is -4.89. The number of nitrogens with zero attached hydrogens (tertiary/aromatic N) is 3. The molecule has 1 aromatic rings. The van der Waals surface area contributed by atoms with E-state index in [9.17, 15) is 16.8 Å². The standard InChI is InChI=1S/C12H21N3O4S2/c1-14-10-12(9-13-14)11-3-5-15(6-4-11)21(18,19)8-7-20(2,16)17/h9-11H,3-8H2,1-2H3. The molecule has 2 rings (SSSR count). The largest absolute Gasteiger partial charge is 0.276 e. The molecule has 1 aliphatic heterocycles. The molecule has 0 spiro atoms. The van der Waals surface area contributed by atoms with Gasteiger partial charge in [-0.3, -0.25) is 4.68 Å². The van der Waals surface area contributed by atoms with Crippen molar-refractivity contribution in [1.29, 1.82) is 0 Å². The van der Waals surface area contributed by atoms with E-state index in [0.717, 1.165) is 24.7 Å². The molecule has 0 unspecified atom stereocenters. The summed E-state index contributed by atoms with van der Waals surface area (Å²) in [5.74, 6) is -0.332. The number of sulfonamides is 1. The normalized spacial score (nSPS) is 19.0. The third-order valence-electron chi connectivity index (χ3n) is 3.76. The fourth-order valence-electron chi connectivity index (χ4n) is 2.50. The molecule has 1 saturated heterocycles. The van der Waals surface area contributed by atoms with Crippen molar-refractivity contribution in [2.24, 2.45) is 7.05 Å². The predicted octanol–water partition coefficient (Wildman–Crippen LogP) is -0.0261. The van der Waals surface area contributed by atoms with E-state index in [4.69, 9.17) is 0 Å². The maximum absolute atomic E-state index is 12.1. The van der Waals surface area contributed by atoms with Gasteiger partial charge in [-0.2, -0.15) is 5.10 Å². The lowest BCUT2D eigenvalue weighted by Crippen LogP contribution is -2.40. The lowest BCUT2D eigenvalue weighted by atomic mass is 9.93. The van der Waals surface area contributed by atoms with Crippen LogP contribution in [0.15, 0.2) is 12.4 Å². The lowest BCUT2D eigenvalue weighted by molar-refractivity contribution is 0.320. The van der Waals surface area contributed by atoms with E-state index in [-0.39, 0.29) is 11.5 Å². The van der Waals surface area contributed by atoms with Crippen LogP contribution in [-0.2, 0) is 26.9 Å². The highest BCUT2D eigenvalue weighted by Crippen LogP contribution is 2.28. The molecule has 0 saturated carbocycles. The fourth-order valence-corrected chi connectivity index (χ4v) is 5.58. The van der Waals surface area contributed by atoms with Crippen LogP contribution in [0.3, 0.4) is 0 Å². The van der Waals surface area contributed by atoms with Gasteiger partial charge >= 0.3 is 0 Å². The molecule has 1 aromatic heterocycles. The van der Waals surface area contributed by atoms with Crippen molar-refractivity contribution >= 4 is 19.9 Å². The highest BCUT2D eigenvalue weighted by atomic mass is 32.2. The molecule has 0 aliphatic carbocycles. The van der Waals surface area contributed by atoms with Crippen molar-refractivity contribution in [3.63, 3.8) is 0 Å². The van der Waals surface area contributed by atoms with Gasteiger partial charge in [0, 0.05) is 32.6 Å². The second kappa shape index (κ2) is 6.05. The molecule has 0 amide bonds. The smallest absolute Gasteiger partial charge is 0.215 e. The summed E-state index contributed by atoms with van der Waals surface area (Å²) < 4.78 is 49.6. The molecule has 2 heterocycles. The minimum atomic E-state index is -3.48. The van der Waals surface area contributed by atoms with Gasteiger partial charge in [0.15, 0.2) is 0 Å². The molecule has 0 N–H and O–H groups in total. The van der Waals surface area contributed by atoms with E-state index in [0.29, 0.717) is 19.0 Å². The van der Waals surface area contributed by atoms with E-state index in [1.807, 2.05) is 19.4 Å². The maximum atomic E-state index is 12.1. The summed E-state index contributed by atoms with van der Waals surface area (Å²) in [5.41, 5.74) is 1.13. The van der Waals surface area contributed by atoms with Gasteiger partial charge in [0.05, 0.1) is 17.7 Å². The molecule has 0 aromatic carbocycles. The number of piperidine rings is 1. The Morgan fingerprint density at radius 2 is 1.81 bits per heavy atom. The van der Waals surface area contributed by atoms with Gasteiger partial charge in [0.1, 0.15) is 9.84 Å². The third-order valence-corrected chi connectivity index (χ3v) is 6.83. The van der Waals surface area contributed by atoms with Gasteiger partial charge < -0.3 is 0 Å². The van der Waals surface area contributed by atoms with Crippen LogP contribution in [0.2, 0.25) is 0 Å². The van der Waals surface area contributed by atoms with E-state index >= 15 is 0 Å². The summed E-state index contributed by atoms with van der Waals surface area (Å²) in [6.07, 6.45) is 6.31. The van der Waals surface area contributed by atoms with E-state index < -0.39 is 19.9 Å². The number of hydrogen-bond donors (Lipinski definition) is 0. The van der Waals surface area contributed by atoms with Crippen LogP contribution in [0.25, 0.3) is 0 Å². The molecule has 1 aliphatic rings. The molecule has 0 atom stereocenters. The first-order valence-corrected chi connectivity index (χ1v) is 10.5. The zero-order valence-corrected chi connectivity index (χ0v) is 13.9. The Morgan fingerprint density at radius 3 is 2.29 bits per heavy atom. The maximum Gasteiger partial charge on any atom is 0.215 e. The van der Waals surface area contributed by atoms with Crippen molar-refractivity contribution in [2.75, 3.05) is 30.9 Å². The second-order valence-electron chi connectivity index (χ2n) is 5.57. The topological polar surface area (TPSA) is 89.3 Å². The summed E-state index contributed by atoms with van der Waals surface area (Å²) in [5, 5.41) is 4.13.